The van der Waals surface area contributed by atoms with E-state index in [1.807, 2.05) is 13.8 Å². The van der Waals surface area contributed by atoms with Gasteiger partial charge in [0.1, 0.15) is 0 Å². The molecule has 23 heavy (non-hydrogen) atoms. The van der Waals surface area contributed by atoms with Crippen LogP contribution in [0, 0.1) is 20.2 Å². The highest BCUT2D eigenvalue weighted by molar-refractivity contribution is 7.81. The lowest BCUT2D eigenvalue weighted by molar-refractivity contribution is -0.394. The van der Waals surface area contributed by atoms with Crippen LogP contribution in [0.2, 0.25) is 0 Å². The van der Waals surface area contributed by atoms with E-state index >= 15 is 0 Å². The normalized spacial score (nSPS) is 13.2. The Morgan fingerprint density at radius 2 is 1.70 bits per heavy atom. The number of thiol groups is 1. The number of carbonyl (C=O) groups is 1. The first-order valence-corrected chi connectivity index (χ1v) is 7.44. The third kappa shape index (κ3) is 5.85. The first-order chi connectivity index (χ1) is 10.7. The van der Waals surface area contributed by atoms with Crippen LogP contribution in [0.5, 0.6) is 0 Å². The van der Waals surface area contributed by atoms with Gasteiger partial charge in [0.15, 0.2) is 0 Å². The van der Waals surface area contributed by atoms with Gasteiger partial charge in [-0.25, -0.2) is 4.79 Å². The van der Waals surface area contributed by atoms with Gasteiger partial charge >= 0.3 is 5.97 Å². The molecular formula is C14H18N2O6S. The Morgan fingerprint density at radius 3 is 2.13 bits per heavy atom. The Bertz CT molecular complexity index is 585. The molecule has 9 heteroatoms. The lowest BCUT2D eigenvalue weighted by atomic mass is 10.0. The summed E-state index contributed by atoms with van der Waals surface area (Å²) in [7, 11) is 0. The Labute approximate surface area is 138 Å². The van der Waals surface area contributed by atoms with Crippen molar-refractivity contribution >= 4 is 30.0 Å². The highest BCUT2D eigenvalue weighted by Gasteiger charge is 2.22. The van der Waals surface area contributed by atoms with Crippen molar-refractivity contribution in [1.82, 2.24) is 0 Å². The molecule has 0 bridgehead atoms. The van der Waals surface area contributed by atoms with Crippen molar-refractivity contribution < 1.29 is 19.4 Å². The topological polar surface area (TPSA) is 113 Å². The van der Waals surface area contributed by atoms with E-state index in [9.17, 15) is 25.0 Å². The molecule has 0 amide bonds. The summed E-state index contributed by atoms with van der Waals surface area (Å²) in [6.07, 6.45) is 2.29. The third-order valence-corrected chi connectivity index (χ3v) is 3.67. The highest BCUT2D eigenvalue weighted by Crippen LogP contribution is 2.26. The molecule has 0 fully saturated rings. The van der Waals surface area contributed by atoms with E-state index in [1.54, 1.807) is 0 Å². The van der Waals surface area contributed by atoms with Crippen LogP contribution in [0.1, 0.15) is 43.5 Å². The first kappa shape index (κ1) is 18.9. The predicted molar refractivity (Wildman–Crippen MR) is 86.9 cm³/mol. The van der Waals surface area contributed by atoms with Gasteiger partial charge in [0.25, 0.3) is 11.4 Å². The van der Waals surface area contributed by atoms with Crippen LogP contribution in [0.3, 0.4) is 0 Å². The molecule has 1 rings (SSSR count). The lowest BCUT2D eigenvalue weighted by Gasteiger charge is -2.22. The molecule has 1 aromatic carbocycles. The second-order valence-electron chi connectivity index (χ2n) is 5.39. The number of hydrogen-bond donors (Lipinski definition) is 1. The van der Waals surface area contributed by atoms with Crippen LogP contribution in [0.15, 0.2) is 18.2 Å². The minimum atomic E-state index is -0.836. The summed E-state index contributed by atoms with van der Waals surface area (Å²) >= 11 is 4.47. The Hall–Kier alpha value is -2.16. The molecule has 0 saturated heterocycles. The average Bonchev–Trinajstić information content (AvgIpc) is 2.46. The van der Waals surface area contributed by atoms with Crippen LogP contribution in [0.25, 0.3) is 0 Å². The molecule has 0 unspecified atom stereocenters. The Morgan fingerprint density at radius 1 is 1.17 bits per heavy atom. The number of benzene rings is 1. The Kier molecular flexibility index (Phi) is 6.49. The zero-order valence-electron chi connectivity index (χ0n) is 12.9. The van der Waals surface area contributed by atoms with Crippen LogP contribution in [-0.4, -0.2) is 27.2 Å². The fourth-order valence-corrected chi connectivity index (χ4v) is 2.35. The fraction of sp³-hybridized carbons (Fsp3) is 0.500. The molecule has 0 N–H and O–H groups in total. The molecule has 8 nitrogen and oxygen atoms in total. The van der Waals surface area contributed by atoms with E-state index in [4.69, 9.17) is 4.74 Å². The van der Waals surface area contributed by atoms with Crippen molar-refractivity contribution in [1.29, 1.82) is 0 Å². The zero-order chi connectivity index (χ0) is 17.6. The van der Waals surface area contributed by atoms with Gasteiger partial charge in [0.05, 0.1) is 28.1 Å². The summed E-state index contributed by atoms with van der Waals surface area (Å²) in [6, 6.07) is 2.71. The maximum Gasteiger partial charge on any atom is 0.338 e. The van der Waals surface area contributed by atoms with Crippen molar-refractivity contribution in [3.05, 3.63) is 44.0 Å². The van der Waals surface area contributed by atoms with E-state index in [2.05, 4.69) is 12.6 Å². The maximum absolute atomic E-state index is 11.9. The Balaban J connectivity index is 2.83. The number of nitrogens with zero attached hydrogens (tertiary/aromatic N) is 2. The van der Waals surface area contributed by atoms with Gasteiger partial charge in [-0.2, -0.15) is 12.6 Å². The summed E-state index contributed by atoms with van der Waals surface area (Å²) in [4.78, 5) is 31.9. The SMILES string of the molecule is CCC[C@](C)(S)CCOC(=O)c1cc([N+](=O)[O-])cc([N+](=O)[O-])c1. The van der Waals surface area contributed by atoms with Gasteiger partial charge in [-0.15, -0.1) is 0 Å². The van der Waals surface area contributed by atoms with E-state index in [0.717, 1.165) is 31.0 Å². The summed E-state index contributed by atoms with van der Waals surface area (Å²) < 4.78 is 4.76. The van der Waals surface area contributed by atoms with E-state index in [-0.39, 0.29) is 16.9 Å². The molecule has 0 aliphatic rings. The molecule has 0 heterocycles. The van der Waals surface area contributed by atoms with Crippen molar-refractivity contribution in [3.8, 4) is 0 Å². The number of esters is 1. The minimum Gasteiger partial charge on any atom is -0.462 e. The van der Waals surface area contributed by atoms with Crippen molar-refractivity contribution in [2.75, 3.05) is 6.61 Å². The lowest BCUT2D eigenvalue weighted by Crippen LogP contribution is -2.20. The monoisotopic (exact) mass is 342 g/mol. The van der Waals surface area contributed by atoms with Crippen molar-refractivity contribution in [3.63, 3.8) is 0 Å². The highest BCUT2D eigenvalue weighted by atomic mass is 32.1. The molecule has 1 atom stereocenters. The minimum absolute atomic E-state index is 0.0787. The molecule has 0 radical (unpaired) electrons. The van der Waals surface area contributed by atoms with Gasteiger partial charge in [0, 0.05) is 16.9 Å². The second-order valence-corrected chi connectivity index (χ2v) is 6.46. The van der Waals surface area contributed by atoms with E-state index in [0.29, 0.717) is 6.42 Å². The van der Waals surface area contributed by atoms with E-state index < -0.39 is 27.2 Å². The molecular weight excluding hydrogens is 324 g/mol. The summed E-state index contributed by atoms with van der Waals surface area (Å²) in [5, 5.41) is 21.6. The molecule has 0 spiro atoms. The standard InChI is InChI=1S/C14H18N2O6S/c1-3-4-14(2,23)5-6-22-13(17)10-7-11(15(18)19)9-12(8-10)16(20)21/h7-9,23H,3-6H2,1-2H3/t14-/m0/s1. The second kappa shape index (κ2) is 7.91. The average molecular weight is 342 g/mol. The van der Waals surface area contributed by atoms with E-state index in [1.165, 1.54) is 0 Å². The number of nitro groups is 2. The molecule has 126 valence electrons. The van der Waals surface area contributed by atoms with Crippen LogP contribution < -0.4 is 0 Å². The molecule has 1 aromatic rings. The number of rotatable bonds is 8. The number of nitro benzene ring substituents is 2. The summed E-state index contributed by atoms with van der Waals surface area (Å²) in [5.41, 5.74) is -1.28. The summed E-state index contributed by atoms with van der Waals surface area (Å²) in [5.74, 6) is -0.836. The maximum atomic E-state index is 11.9. The zero-order valence-corrected chi connectivity index (χ0v) is 13.7. The number of non-ortho nitro benzene ring substituents is 2. The number of hydrogen-bond acceptors (Lipinski definition) is 7. The quantitative estimate of drug-likeness (QED) is 0.334. The first-order valence-electron chi connectivity index (χ1n) is 6.99. The molecule has 0 aromatic heterocycles. The molecule has 0 saturated carbocycles. The number of carbonyl (C=O) groups excluding carboxylic acids is 1. The fourth-order valence-electron chi connectivity index (χ4n) is 2.03. The van der Waals surface area contributed by atoms with Crippen molar-refractivity contribution in [2.45, 2.75) is 37.9 Å². The van der Waals surface area contributed by atoms with Crippen LogP contribution in [0.4, 0.5) is 11.4 Å². The van der Waals surface area contributed by atoms with Gasteiger partial charge in [-0.3, -0.25) is 20.2 Å². The predicted octanol–water partition coefficient (Wildman–Crippen LogP) is 3.54. The van der Waals surface area contributed by atoms with Gasteiger partial charge < -0.3 is 4.74 Å². The van der Waals surface area contributed by atoms with Gasteiger partial charge in [-0.05, 0) is 12.8 Å². The van der Waals surface area contributed by atoms with Gasteiger partial charge in [-0.1, -0.05) is 20.3 Å². The molecule has 0 aliphatic heterocycles. The van der Waals surface area contributed by atoms with Crippen LogP contribution >= 0.6 is 12.6 Å². The largest absolute Gasteiger partial charge is 0.462 e. The third-order valence-electron chi connectivity index (χ3n) is 3.22. The summed E-state index contributed by atoms with van der Waals surface area (Å²) in [6.45, 7) is 4.02. The smallest absolute Gasteiger partial charge is 0.338 e. The van der Waals surface area contributed by atoms with Crippen molar-refractivity contribution in [2.24, 2.45) is 0 Å². The number of ether oxygens (including phenoxy) is 1. The van der Waals surface area contributed by atoms with Gasteiger partial charge in [0.2, 0.25) is 0 Å². The van der Waals surface area contributed by atoms with Crippen LogP contribution in [-0.2, 0) is 4.74 Å². The molecule has 0 aliphatic carbocycles.